The van der Waals surface area contributed by atoms with Crippen molar-refractivity contribution in [1.82, 2.24) is 0 Å². The van der Waals surface area contributed by atoms with Crippen LogP contribution in [0.5, 0.6) is 5.75 Å². The SMILES string of the molecule is COc1ccc(C=C2Sc3ccccc3N(CC(=O)[O-])C2=O)cc1Br. The zero-order valence-corrected chi connectivity index (χ0v) is 15.6. The van der Waals surface area contributed by atoms with Gasteiger partial charge < -0.3 is 19.5 Å². The van der Waals surface area contributed by atoms with Crippen LogP contribution in [-0.4, -0.2) is 25.5 Å². The van der Waals surface area contributed by atoms with E-state index < -0.39 is 12.5 Å². The number of carboxylic acid groups (broad SMARTS) is 1. The molecule has 1 aliphatic heterocycles. The number of carboxylic acids is 1. The molecule has 2 aromatic carbocycles. The van der Waals surface area contributed by atoms with Crippen LogP contribution < -0.4 is 14.7 Å². The molecular formula is C18H13BrNO4S-. The first-order valence-electron chi connectivity index (χ1n) is 7.33. The fourth-order valence-corrected chi connectivity index (χ4v) is 4.09. The molecule has 0 fully saturated rings. The molecule has 1 aliphatic rings. The summed E-state index contributed by atoms with van der Waals surface area (Å²) in [5.74, 6) is -0.977. The van der Waals surface area contributed by atoms with E-state index in [1.807, 2.05) is 24.3 Å². The summed E-state index contributed by atoms with van der Waals surface area (Å²) in [6.07, 6.45) is 1.73. The molecule has 0 unspecified atom stereocenters. The molecular weight excluding hydrogens is 406 g/mol. The maximum atomic E-state index is 12.7. The van der Waals surface area contributed by atoms with Crippen molar-refractivity contribution in [1.29, 1.82) is 0 Å². The van der Waals surface area contributed by atoms with Gasteiger partial charge in [0.05, 0.1) is 34.7 Å². The number of hydrogen-bond donors (Lipinski definition) is 0. The molecule has 0 aromatic heterocycles. The van der Waals surface area contributed by atoms with E-state index in [1.54, 1.807) is 31.4 Å². The van der Waals surface area contributed by atoms with E-state index in [4.69, 9.17) is 4.74 Å². The molecule has 0 radical (unpaired) electrons. The number of rotatable bonds is 4. The number of methoxy groups -OCH3 is 1. The van der Waals surface area contributed by atoms with E-state index >= 15 is 0 Å². The van der Waals surface area contributed by atoms with Crippen molar-refractivity contribution in [3.05, 3.63) is 57.4 Å². The van der Waals surface area contributed by atoms with Gasteiger partial charge in [-0.25, -0.2) is 0 Å². The largest absolute Gasteiger partial charge is 0.548 e. The molecule has 0 saturated carbocycles. The van der Waals surface area contributed by atoms with Crippen LogP contribution in [0.25, 0.3) is 6.08 Å². The average molecular weight is 419 g/mol. The Morgan fingerprint density at radius 2 is 2.08 bits per heavy atom. The summed E-state index contributed by atoms with van der Waals surface area (Å²) in [6, 6.07) is 12.7. The Hall–Kier alpha value is -2.25. The van der Waals surface area contributed by atoms with E-state index in [-0.39, 0.29) is 5.91 Å². The third-order valence-electron chi connectivity index (χ3n) is 3.59. The van der Waals surface area contributed by atoms with Gasteiger partial charge in [0.2, 0.25) is 0 Å². The minimum Gasteiger partial charge on any atom is -0.548 e. The lowest BCUT2D eigenvalue weighted by Gasteiger charge is -2.30. The van der Waals surface area contributed by atoms with Crippen LogP contribution in [0.1, 0.15) is 5.56 Å². The highest BCUT2D eigenvalue weighted by atomic mass is 79.9. The Morgan fingerprint density at radius 1 is 1.32 bits per heavy atom. The fraction of sp³-hybridized carbons (Fsp3) is 0.111. The van der Waals surface area contributed by atoms with Crippen molar-refractivity contribution in [2.24, 2.45) is 0 Å². The molecule has 0 spiro atoms. The number of carbonyl (C=O) groups is 2. The lowest BCUT2D eigenvalue weighted by molar-refractivity contribution is -0.303. The molecule has 0 atom stereocenters. The number of benzene rings is 2. The number of carbonyl (C=O) groups excluding carboxylic acids is 2. The molecule has 128 valence electrons. The molecule has 0 aliphatic carbocycles. The molecule has 0 bridgehead atoms. The van der Waals surface area contributed by atoms with Gasteiger partial charge in [0.15, 0.2) is 0 Å². The molecule has 3 rings (SSSR count). The maximum Gasteiger partial charge on any atom is 0.265 e. The average Bonchev–Trinajstić information content (AvgIpc) is 2.58. The predicted molar refractivity (Wildman–Crippen MR) is 98.3 cm³/mol. The fourth-order valence-electron chi connectivity index (χ4n) is 2.47. The van der Waals surface area contributed by atoms with E-state index in [1.165, 1.54) is 16.7 Å². The monoisotopic (exact) mass is 418 g/mol. The van der Waals surface area contributed by atoms with Gasteiger partial charge in [-0.15, -0.1) is 0 Å². The van der Waals surface area contributed by atoms with Crippen molar-refractivity contribution >= 4 is 51.3 Å². The van der Waals surface area contributed by atoms with Crippen LogP contribution >= 0.6 is 27.7 Å². The summed E-state index contributed by atoms with van der Waals surface area (Å²) in [5.41, 5.74) is 1.38. The van der Waals surface area contributed by atoms with Gasteiger partial charge in [0.1, 0.15) is 5.75 Å². The van der Waals surface area contributed by atoms with Gasteiger partial charge in [0, 0.05) is 4.90 Å². The van der Waals surface area contributed by atoms with Gasteiger partial charge in [-0.05, 0) is 51.8 Å². The molecule has 2 aromatic rings. The number of para-hydroxylation sites is 1. The Morgan fingerprint density at radius 3 is 2.76 bits per heavy atom. The molecule has 1 amide bonds. The van der Waals surface area contributed by atoms with Crippen molar-refractivity contribution < 1.29 is 19.4 Å². The topological polar surface area (TPSA) is 69.7 Å². The first-order valence-corrected chi connectivity index (χ1v) is 8.94. The van der Waals surface area contributed by atoms with E-state index in [2.05, 4.69) is 15.9 Å². The third-order valence-corrected chi connectivity index (χ3v) is 5.29. The number of hydrogen-bond acceptors (Lipinski definition) is 5. The molecule has 0 saturated heterocycles. The van der Waals surface area contributed by atoms with E-state index in [0.717, 1.165) is 14.9 Å². The van der Waals surface area contributed by atoms with Crippen LogP contribution in [0, 0.1) is 0 Å². The number of anilines is 1. The predicted octanol–water partition coefficient (Wildman–Crippen LogP) is 2.69. The lowest BCUT2D eigenvalue weighted by Crippen LogP contribution is -2.43. The Bertz CT molecular complexity index is 881. The summed E-state index contributed by atoms with van der Waals surface area (Å²) >= 11 is 4.73. The second-order valence-corrected chi connectivity index (χ2v) is 7.17. The Kier molecular flexibility index (Phi) is 5.15. The summed E-state index contributed by atoms with van der Waals surface area (Å²) in [4.78, 5) is 26.3. The van der Waals surface area contributed by atoms with Crippen LogP contribution in [0.15, 0.2) is 56.7 Å². The van der Waals surface area contributed by atoms with Gasteiger partial charge in [-0.1, -0.05) is 30.0 Å². The first-order chi connectivity index (χ1) is 12.0. The Balaban J connectivity index is 2.01. The van der Waals surface area contributed by atoms with Crippen molar-refractivity contribution in [2.75, 3.05) is 18.6 Å². The van der Waals surface area contributed by atoms with E-state index in [0.29, 0.717) is 16.3 Å². The summed E-state index contributed by atoms with van der Waals surface area (Å²) in [7, 11) is 1.58. The van der Waals surface area contributed by atoms with Gasteiger partial charge in [-0.3, -0.25) is 4.79 Å². The Labute approximate surface area is 157 Å². The van der Waals surface area contributed by atoms with Crippen LogP contribution in [-0.2, 0) is 9.59 Å². The second-order valence-electron chi connectivity index (χ2n) is 5.24. The normalized spacial score (nSPS) is 15.2. The summed E-state index contributed by atoms with van der Waals surface area (Å²) < 4.78 is 5.97. The summed E-state index contributed by atoms with van der Waals surface area (Å²) in [5, 5.41) is 11.1. The standard InChI is InChI=1S/C18H14BrNO4S/c1-24-14-7-6-11(8-12(14)19)9-16-18(23)20(10-17(21)22)13-4-2-3-5-15(13)25-16/h2-9H,10H2,1H3,(H,21,22)/p-1. The minimum atomic E-state index is -1.30. The van der Waals surface area contributed by atoms with Crippen molar-refractivity contribution in [3.8, 4) is 5.75 Å². The number of fused-ring (bicyclic) bond motifs is 1. The lowest BCUT2D eigenvalue weighted by atomic mass is 10.2. The maximum absolute atomic E-state index is 12.7. The number of aliphatic carboxylic acids is 1. The van der Waals surface area contributed by atoms with Gasteiger partial charge in [-0.2, -0.15) is 0 Å². The summed E-state index contributed by atoms with van der Waals surface area (Å²) in [6.45, 7) is -0.486. The highest BCUT2D eigenvalue weighted by Gasteiger charge is 2.28. The van der Waals surface area contributed by atoms with Crippen LogP contribution in [0.3, 0.4) is 0 Å². The third kappa shape index (κ3) is 3.72. The zero-order valence-electron chi connectivity index (χ0n) is 13.2. The molecule has 7 heteroatoms. The zero-order chi connectivity index (χ0) is 18.0. The van der Waals surface area contributed by atoms with E-state index in [9.17, 15) is 14.7 Å². The minimum absolute atomic E-state index is 0.361. The second kappa shape index (κ2) is 7.33. The molecule has 1 heterocycles. The van der Waals surface area contributed by atoms with Crippen molar-refractivity contribution in [2.45, 2.75) is 4.90 Å². The highest BCUT2D eigenvalue weighted by Crippen LogP contribution is 2.42. The van der Waals surface area contributed by atoms with Crippen LogP contribution in [0.2, 0.25) is 0 Å². The number of amides is 1. The number of nitrogens with zero attached hydrogens (tertiary/aromatic N) is 1. The van der Waals surface area contributed by atoms with Crippen molar-refractivity contribution in [3.63, 3.8) is 0 Å². The molecule has 5 nitrogen and oxygen atoms in total. The quantitative estimate of drug-likeness (QED) is 0.713. The van der Waals surface area contributed by atoms with Crippen LogP contribution in [0.4, 0.5) is 5.69 Å². The number of ether oxygens (including phenoxy) is 1. The van der Waals surface area contributed by atoms with Gasteiger partial charge in [0.25, 0.3) is 5.91 Å². The number of thioether (sulfide) groups is 1. The smallest absolute Gasteiger partial charge is 0.265 e. The first kappa shape index (κ1) is 17.6. The van der Waals surface area contributed by atoms with Gasteiger partial charge >= 0.3 is 0 Å². The molecule has 0 N–H and O–H groups in total. The molecule has 25 heavy (non-hydrogen) atoms. The number of halogens is 1. The highest BCUT2D eigenvalue weighted by molar-refractivity contribution is 9.10.